The lowest BCUT2D eigenvalue weighted by molar-refractivity contribution is 0.0766. The number of halogens is 2. The van der Waals surface area contributed by atoms with E-state index >= 15 is 0 Å². The summed E-state index contributed by atoms with van der Waals surface area (Å²) >= 11 is 6.18. The first kappa shape index (κ1) is 16.4. The van der Waals surface area contributed by atoms with Gasteiger partial charge >= 0.3 is 0 Å². The van der Waals surface area contributed by atoms with Crippen molar-refractivity contribution in [2.45, 2.75) is 6.42 Å². The minimum Gasteiger partial charge on any atom is -0.382 e. The quantitative estimate of drug-likeness (QED) is 0.899. The summed E-state index contributed by atoms with van der Waals surface area (Å²) in [4.78, 5) is 24.3. The molecule has 1 aliphatic rings. The van der Waals surface area contributed by atoms with E-state index in [0.717, 1.165) is 6.42 Å². The van der Waals surface area contributed by atoms with Crippen molar-refractivity contribution >= 4 is 29.1 Å². The monoisotopic (exact) mass is 349 g/mol. The molecule has 0 atom stereocenters. The molecule has 2 aromatic rings. The molecule has 126 valence electrons. The molecule has 1 aromatic carbocycles. The molecule has 24 heavy (non-hydrogen) atoms. The highest BCUT2D eigenvalue weighted by atomic mass is 35.5. The molecule has 1 saturated heterocycles. The number of nitrogen functional groups attached to an aromatic ring is 1. The number of benzene rings is 1. The molecule has 0 unspecified atom stereocenters. The molecule has 2 N–H and O–H groups in total. The molecule has 3 rings (SSSR count). The third-order valence-electron chi connectivity index (χ3n) is 3.95. The summed E-state index contributed by atoms with van der Waals surface area (Å²) in [5, 5.41) is 0.322. The normalized spacial score (nSPS) is 15.2. The zero-order valence-corrected chi connectivity index (χ0v) is 13.7. The van der Waals surface area contributed by atoms with Gasteiger partial charge in [-0.15, -0.1) is 0 Å². The molecule has 1 amide bonds. The van der Waals surface area contributed by atoms with Crippen molar-refractivity contribution in [3.05, 3.63) is 47.0 Å². The summed E-state index contributed by atoms with van der Waals surface area (Å²) in [6, 6.07) is 5.74. The van der Waals surface area contributed by atoms with Crippen LogP contribution in [0.25, 0.3) is 0 Å². The summed E-state index contributed by atoms with van der Waals surface area (Å²) < 4.78 is 13.3. The zero-order valence-electron chi connectivity index (χ0n) is 13.0. The number of rotatable bonds is 2. The van der Waals surface area contributed by atoms with Crippen molar-refractivity contribution in [3.8, 4) is 0 Å². The molecule has 0 aliphatic carbocycles. The molecule has 1 aromatic heterocycles. The minimum absolute atomic E-state index is 0.176. The Morgan fingerprint density at radius 1 is 1.21 bits per heavy atom. The maximum absolute atomic E-state index is 13.3. The van der Waals surface area contributed by atoms with Gasteiger partial charge in [-0.1, -0.05) is 17.7 Å². The Morgan fingerprint density at radius 3 is 2.83 bits per heavy atom. The fraction of sp³-hybridized carbons (Fsp3) is 0.312. The molecular weight excluding hydrogens is 333 g/mol. The summed E-state index contributed by atoms with van der Waals surface area (Å²) in [5.74, 6) is 0.216. The fourth-order valence-corrected chi connectivity index (χ4v) is 2.95. The standard InChI is InChI=1S/C16H17ClFN5O/c17-13-14(19)20-10-21-15(13)22-5-2-6-23(8-7-22)16(24)11-3-1-4-12(18)9-11/h1,3-4,9-10H,2,5-8H2,(H2,19,20,21). The molecule has 6 nitrogen and oxygen atoms in total. The van der Waals surface area contributed by atoms with Crippen LogP contribution in [-0.4, -0.2) is 47.0 Å². The maximum Gasteiger partial charge on any atom is 0.254 e. The number of carbonyl (C=O) groups excluding carboxylic acids is 1. The van der Waals surface area contributed by atoms with Crippen LogP contribution in [0.2, 0.25) is 5.02 Å². The van der Waals surface area contributed by atoms with E-state index < -0.39 is 5.82 Å². The average Bonchev–Trinajstić information content (AvgIpc) is 2.83. The first-order chi connectivity index (χ1) is 11.6. The average molecular weight is 350 g/mol. The van der Waals surface area contributed by atoms with Gasteiger partial charge in [0.25, 0.3) is 5.91 Å². The minimum atomic E-state index is -0.416. The highest BCUT2D eigenvalue weighted by Crippen LogP contribution is 2.27. The Kier molecular flexibility index (Phi) is 4.80. The number of carbonyl (C=O) groups is 1. The topological polar surface area (TPSA) is 75.3 Å². The molecular formula is C16H17ClFN5O. The second kappa shape index (κ2) is 7.00. The third-order valence-corrected chi connectivity index (χ3v) is 4.31. The highest BCUT2D eigenvalue weighted by molar-refractivity contribution is 6.35. The van der Waals surface area contributed by atoms with Gasteiger partial charge in [-0.25, -0.2) is 14.4 Å². The van der Waals surface area contributed by atoms with E-state index in [4.69, 9.17) is 17.3 Å². The molecule has 1 fully saturated rings. The molecule has 0 saturated carbocycles. The van der Waals surface area contributed by atoms with Crippen LogP contribution in [0.15, 0.2) is 30.6 Å². The van der Waals surface area contributed by atoms with Crippen molar-refractivity contribution in [1.82, 2.24) is 14.9 Å². The van der Waals surface area contributed by atoms with Crippen LogP contribution in [0, 0.1) is 5.82 Å². The second-order valence-corrected chi connectivity index (χ2v) is 5.92. The Labute approximate surface area is 144 Å². The van der Waals surface area contributed by atoms with Crippen molar-refractivity contribution in [2.24, 2.45) is 0 Å². The number of aromatic nitrogens is 2. The van der Waals surface area contributed by atoms with Gasteiger partial charge in [0.1, 0.15) is 23.0 Å². The van der Waals surface area contributed by atoms with E-state index in [1.165, 1.54) is 24.5 Å². The van der Waals surface area contributed by atoms with Crippen molar-refractivity contribution in [3.63, 3.8) is 0 Å². The molecule has 1 aliphatic heterocycles. The number of nitrogens with two attached hydrogens (primary N) is 1. The van der Waals surface area contributed by atoms with Crippen LogP contribution >= 0.6 is 11.6 Å². The van der Waals surface area contributed by atoms with Crippen molar-refractivity contribution in [2.75, 3.05) is 36.8 Å². The number of hydrogen-bond acceptors (Lipinski definition) is 5. The van der Waals surface area contributed by atoms with E-state index in [1.807, 2.05) is 4.90 Å². The SMILES string of the molecule is Nc1ncnc(N2CCCN(C(=O)c3cccc(F)c3)CC2)c1Cl. The van der Waals surface area contributed by atoms with Gasteiger partial charge in [0.2, 0.25) is 0 Å². The number of anilines is 2. The molecule has 0 spiro atoms. The van der Waals surface area contributed by atoms with Crippen LogP contribution in [0.3, 0.4) is 0 Å². The van der Waals surface area contributed by atoms with Crippen LogP contribution in [0.5, 0.6) is 0 Å². The Bertz CT molecular complexity index is 757. The summed E-state index contributed by atoms with van der Waals surface area (Å²) in [6.07, 6.45) is 2.12. The predicted octanol–water partition coefficient (Wildman–Crippen LogP) is 2.20. The number of nitrogens with zero attached hydrogens (tertiary/aromatic N) is 4. The van der Waals surface area contributed by atoms with Crippen molar-refractivity contribution in [1.29, 1.82) is 0 Å². The largest absolute Gasteiger partial charge is 0.382 e. The molecule has 8 heteroatoms. The maximum atomic E-state index is 13.3. The lowest BCUT2D eigenvalue weighted by Gasteiger charge is -2.23. The molecule has 2 heterocycles. The van der Waals surface area contributed by atoms with Gasteiger partial charge in [0, 0.05) is 31.7 Å². The number of amides is 1. The van der Waals surface area contributed by atoms with E-state index in [1.54, 1.807) is 11.0 Å². The molecule has 0 bridgehead atoms. The van der Waals surface area contributed by atoms with Gasteiger partial charge in [-0.2, -0.15) is 0 Å². The van der Waals surface area contributed by atoms with Gasteiger partial charge in [-0.05, 0) is 24.6 Å². The summed E-state index contributed by atoms with van der Waals surface area (Å²) in [6.45, 7) is 2.35. The van der Waals surface area contributed by atoms with Gasteiger partial charge in [-0.3, -0.25) is 4.79 Å². The first-order valence-corrected chi connectivity index (χ1v) is 8.00. The Hall–Kier alpha value is -2.41. The van der Waals surface area contributed by atoms with Crippen LogP contribution < -0.4 is 10.6 Å². The van der Waals surface area contributed by atoms with Crippen molar-refractivity contribution < 1.29 is 9.18 Å². The Morgan fingerprint density at radius 2 is 2.04 bits per heavy atom. The molecule has 0 radical (unpaired) electrons. The number of hydrogen-bond donors (Lipinski definition) is 1. The van der Waals surface area contributed by atoms with Crippen LogP contribution in [-0.2, 0) is 0 Å². The lowest BCUT2D eigenvalue weighted by Crippen LogP contribution is -2.35. The van der Waals surface area contributed by atoms with E-state index in [9.17, 15) is 9.18 Å². The van der Waals surface area contributed by atoms with Crippen LogP contribution in [0.1, 0.15) is 16.8 Å². The third kappa shape index (κ3) is 3.41. The van der Waals surface area contributed by atoms with E-state index in [0.29, 0.717) is 42.6 Å². The smallest absolute Gasteiger partial charge is 0.254 e. The predicted molar refractivity (Wildman–Crippen MR) is 90.6 cm³/mol. The fourth-order valence-electron chi connectivity index (χ4n) is 2.73. The van der Waals surface area contributed by atoms with Crippen LogP contribution in [0.4, 0.5) is 16.0 Å². The van der Waals surface area contributed by atoms with E-state index in [2.05, 4.69) is 9.97 Å². The van der Waals surface area contributed by atoms with Gasteiger partial charge in [0.15, 0.2) is 5.82 Å². The van der Waals surface area contributed by atoms with Gasteiger partial charge in [0.05, 0.1) is 0 Å². The second-order valence-electron chi connectivity index (χ2n) is 5.54. The Balaban J connectivity index is 1.73. The summed E-state index contributed by atoms with van der Waals surface area (Å²) in [7, 11) is 0. The highest BCUT2D eigenvalue weighted by Gasteiger charge is 2.23. The summed E-state index contributed by atoms with van der Waals surface area (Å²) in [5.41, 5.74) is 6.08. The zero-order chi connectivity index (χ0) is 17.1. The van der Waals surface area contributed by atoms with Gasteiger partial charge < -0.3 is 15.5 Å². The lowest BCUT2D eigenvalue weighted by atomic mass is 10.2. The van der Waals surface area contributed by atoms with E-state index in [-0.39, 0.29) is 11.7 Å². The first-order valence-electron chi connectivity index (χ1n) is 7.62.